The Morgan fingerprint density at radius 2 is 1.72 bits per heavy atom. The number of nitrogens with zero attached hydrogens (tertiary/aromatic N) is 1. The number of rotatable bonds is 6. The van der Waals surface area contributed by atoms with E-state index >= 15 is 0 Å². The van der Waals surface area contributed by atoms with Crippen LogP contribution in [0.4, 0.5) is 0 Å². The van der Waals surface area contributed by atoms with Gasteiger partial charge in [0.15, 0.2) is 0 Å². The van der Waals surface area contributed by atoms with E-state index in [9.17, 15) is 9.11 Å². The van der Waals surface area contributed by atoms with Gasteiger partial charge in [-0.25, -0.2) is 4.31 Å². The van der Waals surface area contributed by atoms with Crippen LogP contribution < -0.4 is 0 Å². The molecule has 0 saturated carbocycles. The van der Waals surface area contributed by atoms with Gasteiger partial charge in [0.25, 0.3) is 0 Å². The Labute approximate surface area is 112 Å². The summed E-state index contributed by atoms with van der Waals surface area (Å²) in [4.78, 5) is 0.602. The van der Waals surface area contributed by atoms with Crippen LogP contribution >= 0.6 is 10.8 Å². The molecule has 0 unspecified atom stereocenters. The summed E-state index contributed by atoms with van der Waals surface area (Å²) in [5, 5.41) is 0. The van der Waals surface area contributed by atoms with Crippen molar-refractivity contribution < 1.29 is 9.11 Å². The lowest BCUT2D eigenvalue weighted by molar-refractivity contribution is 0.379. The molecule has 0 bridgehead atoms. The second-order valence-corrected chi connectivity index (χ2v) is 7.08. The number of unbranched alkanes of at least 4 members (excludes halogenated alkanes) is 1. The highest BCUT2D eigenvalue weighted by Gasteiger charge is 2.21. The zero-order chi connectivity index (χ0) is 13.8. The van der Waals surface area contributed by atoms with Gasteiger partial charge < -0.3 is 0 Å². The van der Waals surface area contributed by atoms with E-state index in [1.807, 2.05) is 24.3 Å². The van der Waals surface area contributed by atoms with E-state index < -0.39 is 10.8 Å². The van der Waals surface area contributed by atoms with E-state index in [0.717, 1.165) is 12.8 Å². The van der Waals surface area contributed by atoms with Gasteiger partial charge in [-0.2, -0.15) is 0 Å². The molecule has 1 aromatic rings. The van der Waals surface area contributed by atoms with Crippen LogP contribution in [0.2, 0.25) is 0 Å². The average Bonchev–Trinajstić information content (AvgIpc) is 2.35. The third-order valence-electron chi connectivity index (χ3n) is 3.12. The highest BCUT2D eigenvalue weighted by molar-refractivity contribution is 8.22. The first-order chi connectivity index (χ1) is 8.39. The van der Waals surface area contributed by atoms with E-state index in [1.54, 1.807) is 11.4 Å². The first-order valence-electron chi connectivity index (χ1n) is 6.49. The van der Waals surface area contributed by atoms with E-state index in [4.69, 9.17) is 0 Å². The molecule has 0 aliphatic heterocycles. The van der Waals surface area contributed by atoms with Gasteiger partial charge in [-0.05, 0) is 30.0 Å². The predicted octanol–water partition coefficient (Wildman–Crippen LogP) is 4.57. The Morgan fingerprint density at radius 1 is 1.17 bits per heavy atom. The van der Waals surface area contributed by atoms with Gasteiger partial charge in [0.2, 0.25) is 0 Å². The summed E-state index contributed by atoms with van der Waals surface area (Å²) in [6.45, 7) is 7.04. The van der Waals surface area contributed by atoms with Crippen LogP contribution in [0.3, 0.4) is 0 Å². The van der Waals surface area contributed by atoms with E-state index in [1.165, 1.54) is 5.56 Å². The highest BCUT2D eigenvalue weighted by Crippen LogP contribution is 2.50. The van der Waals surface area contributed by atoms with Gasteiger partial charge >= 0.3 is 0 Å². The Bertz CT molecular complexity index is 363. The average molecular weight is 271 g/mol. The molecule has 0 fully saturated rings. The molecule has 0 amide bonds. The molecule has 1 aromatic carbocycles. The maximum atomic E-state index is 10.3. The molecular weight excluding hydrogens is 246 g/mol. The monoisotopic (exact) mass is 271 g/mol. The van der Waals surface area contributed by atoms with Crippen LogP contribution in [0.25, 0.3) is 0 Å². The van der Waals surface area contributed by atoms with Gasteiger partial charge in [-0.3, -0.25) is 9.11 Å². The molecule has 3 nitrogen and oxygen atoms in total. The molecule has 0 aliphatic carbocycles. The molecule has 0 spiro atoms. The number of hydrogen-bond acceptors (Lipinski definition) is 3. The lowest BCUT2D eigenvalue weighted by Gasteiger charge is -2.40. The summed E-state index contributed by atoms with van der Waals surface area (Å²) in [7, 11) is -1.06. The lowest BCUT2D eigenvalue weighted by Crippen LogP contribution is -2.24. The smallest absolute Gasteiger partial charge is 0.0752 e. The van der Waals surface area contributed by atoms with Crippen LogP contribution in [0.5, 0.6) is 0 Å². The van der Waals surface area contributed by atoms with Crippen molar-refractivity contribution in [2.24, 2.45) is 0 Å². The quantitative estimate of drug-likeness (QED) is 0.796. The zero-order valence-electron chi connectivity index (χ0n) is 11.8. The first kappa shape index (κ1) is 15.5. The van der Waals surface area contributed by atoms with Crippen molar-refractivity contribution in [2.75, 3.05) is 13.6 Å². The van der Waals surface area contributed by atoms with Crippen molar-refractivity contribution >= 4 is 10.8 Å². The van der Waals surface area contributed by atoms with Gasteiger partial charge in [0.05, 0.1) is 4.90 Å². The summed E-state index contributed by atoms with van der Waals surface area (Å²) >= 11 is 0. The minimum absolute atomic E-state index is 0.457. The fraction of sp³-hybridized carbons (Fsp3) is 0.571. The molecule has 4 heteroatoms. The SMILES string of the molecule is CCCCN(C)S(O)(O)c1ccc(C(C)C)cc1. The zero-order valence-corrected chi connectivity index (χ0v) is 12.6. The van der Waals surface area contributed by atoms with Crippen molar-refractivity contribution in [2.45, 2.75) is 44.4 Å². The lowest BCUT2D eigenvalue weighted by atomic mass is 10.0. The molecule has 0 radical (unpaired) electrons. The molecule has 0 heterocycles. The van der Waals surface area contributed by atoms with Crippen molar-refractivity contribution in [3.63, 3.8) is 0 Å². The molecule has 0 aromatic heterocycles. The fourth-order valence-electron chi connectivity index (χ4n) is 1.72. The van der Waals surface area contributed by atoms with Gasteiger partial charge in [0, 0.05) is 13.6 Å². The van der Waals surface area contributed by atoms with Gasteiger partial charge in [0.1, 0.15) is 0 Å². The number of hydrogen-bond donors (Lipinski definition) is 2. The highest BCUT2D eigenvalue weighted by atomic mass is 32.3. The Balaban J connectivity index is 2.83. The Kier molecular flexibility index (Phi) is 5.66. The van der Waals surface area contributed by atoms with Crippen LogP contribution in [0, 0.1) is 0 Å². The minimum atomic E-state index is -2.82. The summed E-state index contributed by atoms with van der Waals surface area (Å²) in [5.74, 6) is 0.457. The molecule has 18 heavy (non-hydrogen) atoms. The molecule has 2 N–H and O–H groups in total. The van der Waals surface area contributed by atoms with Crippen molar-refractivity contribution in [3.05, 3.63) is 29.8 Å². The van der Waals surface area contributed by atoms with E-state index in [2.05, 4.69) is 20.8 Å². The topological polar surface area (TPSA) is 43.7 Å². The largest absolute Gasteiger partial charge is 0.281 e. The summed E-state index contributed by atoms with van der Waals surface area (Å²) in [6, 6.07) is 7.60. The summed E-state index contributed by atoms with van der Waals surface area (Å²) < 4.78 is 22.2. The van der Waals surface area contributed by atoms with E-state index in [-0.39, 0.29) is 0 Å². The van der Waals surface area contributed by atoms with Gasteiger partial charge in [-0.15, -0.1) is 10.8 Å². The second kappa shape index (κ2) is 6.57. The Hall–Kier alpha value is -0.550. The third kappa shape index (κ3) is 3.72. The molecule has 1 rings (SSSR count). The Morgan fingerprint density at radius 3 is 2.17 bits per heavy atom. The van der Waals surface area contributed by atoms with E-state index in [0.29, 0.717) is 17.4 Å². The van der Waals surface area contributed by atoms with Crippen molar-refractivity contribution in [1.82, 2.24) is 4.31 Å². The van der Waals surface area contributed by atoms with Crippen LogP contribution in [-0.2, 0) is 0 Å². The standard InChI is InChI=1S/C14H25NO2S/c1-5-6-11-15(4)18(16,17)14-9-7-13(8-10-14)12(2)3/h7-10,12,16-17H,5-6,11H2,1-4H3. The fourth-order valence-corrected chi connectivity index (χ4v) is 2.97. The summed E-state index contributed by atoms with van der Waals surface area (Å²) in [5.41, 5.74) is 1.21. The van der Waals surface area contributed by atoms with Crippen LogP contribution in [-0.4, -0.2) is 27.0 Å². The second-order valence-electron chi connectivity index (χ2n) is 4.95. The molecule has 0 saturated heterocycles. The summed E-state index contributed by atoms with van der Waals surface area (Å²) in [6.07, 6.45) is 2.02. The number of benzene rings is 1. The molecule has 0 atom stereocenters. The first-order valence-corrected chi connectivity index (χ1v) is 7.99. The minimum Gasteiger partial charge on any atom is -0.281 e. The normalized spacial score (nSPS) is 13.3. The molecule has 0 aliphatic rings. The third-order valence-corrected chi connectivity index (χ3v) is 5.08. The van der Waals surface area contributed by atoms with Crippen molar-refractivity contribution in [3.8, 4) is 0 Å². The van der Waals surface area contributed by atoms with Gasteiger partial charge in [-0.1, -0.05) is 39.3 Å². The van der Waals surface area contributed by atoms with Crippen LogP contribution in [0.15, 0.2) is 29.2 Å². The predicted molar refractivity (Wildman–Crippen MR) is 79.2 cm³/mol. The maximum Gasteiger partial charge on any atom is 0.0752 e. The maximum absolute atomic E-state index is 10.3. The molecule has 104 valence electrons. The molecular formula is C14H25NO2S. The van der Waals surface area contributed by atoms with Crippen LogP contribution in [0.1, 0.15) is 45.1 Å². The van der Waals surface area contributed by atoms with Crippen molar-refractivity contribution in [1.29, 1.82) is 0 Å².